The number of nitrogens with zero attached hydrogens (tertiary/aromatic N) is 3. The van der Waals surface area contributed by atoms with Gasteiger partial charge in [0, 0.05) is 24.5 Å². The van der Waals surface area contributed by atoms with E-state index in [0.29, 0.717) is 5.01 Å². The van der Waals surface area contributed by atoms with E-state index >= 15 is 0 Å². The number of aromatic nitrogens is 2. The van der Waals surface area contributed by atoms with Gasteiger partial charge in [-0.15, -0.1) is 0 Å². The number of allylic oxidation sites excluding steroid dienone is 2. The van der Waals surface area contributed by atoms with Crippen molar-refractivity contribution in [3.8, 4) is 5.75 Å². The lowest BCUT2D eigenvalue weighted by molar-refractivity contribution is 0.0991. The Morgan fingerprint density at radius 1 is 1.38 bits per heavy atom. The van der Waals surface area contributed by atoms with Crippen LogP contribution in [0.2, 0.25) is 0 Å². The summed E-state index contributed by atoms with van der Waals surface area (Å²) < 4.78 is 33.5. The SMILES string of the molecule is CN1C=CCC2(C)CC2=C1c1cnc2sc(COc3ccc(F)c(C(N)=O)c3F)nc2c1. The van der Waals surface area contributed by atoms with Gasteiger partial charge in [0.25, 0.3) is 5.91 Å². The van der Waals surface area contributed by atoms with Gasteiger partial charge in [0.15, 0.2) is 11.6 Å². The molecule has 2 aromatic heterocycles. The number of thiazole rings is 1. The maximum absolute atomic E-state index is 14.4. The molecule has 6 nitrogen and oxygen atoms in total. The quantitative estimate of drug-likeness (QED) is 0.609. The Morgan fingerprint density at radius 2 is 2.19 bits per heavy atom. The molecule has 1 atom stereocenters. The summed E-state index contributed by atoms with van der Waals surface area (Å²) >= 11 is 1.33. The molecule has 2 N–H and O–H groups in total. The van der Waals surface area contributed by atoms with Crippen molar-refractivity contribution in [1.29, 1.82) is 0 Å². The minimum atomic E-state index is -1.19. The molecule has 1 aliphatic heterocycles. The number of halogens is 2. The summed E-state index contributed by atoms with van der Waals surface area (Å²) in [5.41, 5.74) is 8.75. The van der Waals surface area contributed by atoms with Gasteiger partial charge < -0.3 is 15.4 Å². The van der Waals surface area contributed by atoms with E-state index in [1.165, 1.54) is 16.9 Å². The molecule has 1 fully saturated rings. The summed E-state index contributed by atoms with van der Waals surface area (Å²) in [5.74, 6) is -3.61. The lowest BCUT2D eigenvalue weighted by Crippen LogP contribution is -2.16. The lowest BCUT2D eigenvalue weighted by atomic mass is 10.0. The summed E-state index contributed by atoms with van der Waals surface area (Å²) in [6.45, 7) is 2.22. The van der Waals surface area contributed by atoms with Gasteiger partial charge in [-0.25, -0.2) is 18.7 Å². The van der Waals surface area contributed by atoms with Gasteiger partial charge in [-0.2, -0.15) is 0 Å². The molecule has 1 unspecified atom stereocenters. The van der Waals surface area contributed by atoms with Crippen molar-refractivity contribution in [3.63, 3.8) is 0 Å². The zero-order valence-corrected chi connectivity index (χ0v) is 18.3. The molecular formula is C23H20F2N4O2S. The molecule has 164 valence electrons. The Hall–Kier alpha value is -3.33. The van der Waals surface area contributed by atoms with E-state index in [0.717, 1.165) is 46.6 Å². The van der Waals surface area contributed by atoms with Crippen LogP contribution in [0.1, 0.15) is 40.7 Å². The van der Waals surface area contributed by atoms with Crippen LogP contribution >= 0.6 is 11.3 Å². The second-order valence-corrected chi connectivity index (χ2v) is 9.37. The highest BCUT2D eigenvalue weighted by Gasteiger charge is 2.47. The number of ether oxygens (including phenoxy) is 1. The lowest BCUT2D eigenvalue weighted by Gasteiger charge is -2.18. The third kappa shape index (κ3) is 3.42. The monoisotopic (exact) mass is 454 g/mol. The fourth-order valence-corrected chi connectivity index (χ4v) is 4.92. The average molecular weight is 455 g/mol. The summed E-state index contributed by atoms with van der Waals surface area (Å²) in [6.07, 6.45) is 8.23. The minimum absolute atomic E-state index is 0.0498. The van der Waals surface area contributed by atoms with E-state index < -0.39 is 23.1 Å². The first kappa shape index (κ1) is 20.6. The van der Waals surface area contributed by atoms with Crippen LogP contribution in [0.4, 0.5) is 8.78 Å². The van der Waals surface area contributed by atoms with E-state index in [2.05, 4.69) is 34.1 Å². The first-order valence-electron chi connectivity index (χ1n) is 10.1. The Balaban J connectivity index is 1.41. The number of benzene rings is 1. The Labute approximate surface area is 187 Å². The fraction of sp³-hybridized carbons (Fsp3) is 0.261. The molecule has 0 bridgehead atoms. The molecule has 1 aromatic carbocycles. The highest BCUT2D eigenvalue weighted by Crippen LogP contribution is 2.59. The van der Waals surface area contributed by atoms with Crippen LogP contribution in [0.25, 0.3) is 16.0 Å². The van der Waals surface area contributed by atoms with Crippen molar-refractivity contribution in [1.82, 2.24) is 14.9 Å². The number of carbonyl (C=O) groups is 1. The van der Waals surface area contributed by atoms with Gasteiger partial charge in [-0.05, 0) is 48.2 Å². The van der Waals surface area contributed by atoms with Crippen LogP contribution < -0.4 is 10.5 Å². The van der Waals surface area contributed by atoms with Gasteiger partial charge in [-0.3, -0.25) is 4.79 Å². The Kier molecular flexibility index (Phi) is 4.74. The summed E-state index contributed by atoms with van der Waals surface area (Å²) in [6, 6.07) is 4.07. The smallest absolute Gasteiger partial charge is 0.254 e. The molecule has 3 aromatic rings. The predicted molar refractivity (Wildman–Crippen MR) is 118 cm³/mol. The van der Waals surface area contributed by atoms with Crippen LogP contribution in [0.3, 0.4) is 0 Å². The molecule has 1 aliphatic carbocycles. The normalized spacial score (nSPS) is 19.8. The molecule has 1 saturated carbocycles. The van der Waals surface area contributed by atoms with Crippen molar-refractivity contribution in [2.45, 2.75) is 26.4 Å². The summed E-state index contributed by atoms with van der Waals surface area (Å²) in [5, 5.41) is 0.581. The van der Waals surface area contributed by atoms with Crippen molar-refractivity contribution in [3.05, 3.63) is 70.0 Å². The zero-order chi connectivity index (χ0) is 22.6. The van der Waals surface area contributed by atoms with E-state index in [1.54, 1.807) is 0 Å². The number of fused-ring (bicyclic) bond motifs is 2. The molecule has 0 spiro atoms. The highest BCUT2D eigenvalue weighted by molar-refractivity contribution is 7.18. The van der Waals surface area contributed by atoms with Crippen molar-refractivity contribution >= 4 is 33.3 Å². The topological polar surface area (TPSA) is 81.3 Å². The average Bonchev–Trinajstić information content (AvgIpc) is 3.23. The van der Waals surface area contributed by atoms with E-state index in [1.807, 2.05) is 19.3 Å². The molecule has 32 heavy (non-hydrogen) atoms. The number of carbonyl (C=O) groups excluding carboxylic acids is 1. The third-order valence-electron chi connectivity index (χ3n) is 5.92. The largest absolute Gasteiger partial charge is 0.483 e. The number of pyridine rings is 1. The first-order chi connectivity index (χ1) is 15.3. The van der Waals surface area contributed by atoms with Crippen LogP contribution in [-0.4, -0.2) is 27.8 Å². The number of primary amides is 1. The standard InChI is InChI=1S/C23H20F2N4O2S/c1-23-6-3-7-29(2)20(13(23)9-23)12-8-15-22(27-10-12)32-17(28-15)11-31-16-5-4-14(24)18(19(16)25)21(26)30/h3-5,7-8,10H,6,9,11H2,1-2H3,(H2,26,30). The molecule has 2 aliphatic rings. The van der Waals surface area contributed by atoms with E-state index in [4.69, 9.17) is 10.5 Å². The summed E-state index contributed by atoms with van der Waals surface area (Å²) in [7, 11) is 2.03. The summed E-state index contributed by atoms with van der Waals surface area (Å²) in [4.78, 5) is 23.3. The predicted octanol–water partition coefficient (Wildman–Crippen LogP) is 4.62. The Morgan fingerprint density at radius 3 is 2.97 bits per heavy atom. The Bertz CT molecular complexity index is 1330. The van der Waals surface area contributed by atoms with E-state index in [9.17, 15) is 13.6 Å². The second-order valence-electron chi connectivity index (χ2n) is 8.31. The number of nitrogens with two attached hydrogens (primary N) is 1. The molecular weight excluding hydrogens is 434 g/mol. The number of hydrogen-bond acceptors (Lipinski definition) is 6. The molecule has 5 rings (SSSR count). The van der Waals surface area contributed by atoms with Crippen molar-refractivity contribution < 1.29 is 18.3 Å². The van der Waals surface area contributed by atoms with Crippen LogP contribution in [0, 0.1) is 17.0 Å². The maximum Gasteiger partial charge on any atom is 0.254 e. The molecule has 3 heterocycles. The second kappa shape index (κ2) is 7.37. The van der Waals surface area contributed by atoms with Crippen molar-refractivity contribution in [2.75, 3.05) is 7.05 Å². The van der Waals surface area contributed by atoms with Gasteiger partial charge in [0.1, 0.15) is 33.3 Å². The van der Waals surface area contributed by atoms with Gasteiger partial charge >= 0.3 is 0 Å². The highest BCUT2D eigenvalue weighted by atomic mass is 32.1. The number of hydrogen-bond donors (Lipinski definition) is 1. The maximum atomic E-state index is 14.4. The first-order valence-corrected chi connectivity index (χ1v) is 10.9. The number of amides is 1. The zero-order valence-electron chi connectivity index (χ0n) is 17.5. The molecule has 9 heteroatoms. The minimum Gasteiger partial charge on any atom is -0.483 e. The van der Waals surface area contributed by atoms with Gasteiger partial charge in [-0.1, -0.05) is 24.3 Å². The van der Waals surface area contributed by atoms with Crippen LogP contribution in [0.5, 0.6) is 5.75 Å². The van der Waals surface area contributed by atoms with Gasteiger partial charge in [0.05, 0.1) is 0 Å². The van der Waals surface area contributed by atoms with Gasteiger partial charge in [0.2, 0.25) is 0 Å². The molecule has 1 amide bonds. The number of rotatable bonds is 5. The van der Waals surface area contributed by atoms with E-state index in [-0.39, 0.29) is 17.8 Å². The van der Waals surface area contributed by atoms with Crippen molar-refractivity contribution in [2.24, 2.45) is 11.1 Å². The van der Waals surface area contributed by atoms with Crippen LogP contribution in [0.15, 0.2) is 42.2 Å². The fourth-order valence-electron chi connectivity index (χ4n) is 4.12. The van der Waals surface area contributed by atoms with Crippen LogP contribution in [-0.2, 0) is 6.61 Å². The molecule has 0 saturated heterocycles. The third-order valence-corrected chi connectivity index (χ3v) is 6.88. The molecule has 0 radical (unpaired) electrons.